The first-order valence-electron chi connectivity index (χ1n) is 9.75. The topological polar surface area (TPSA) is 68.3 Å². The zero-order valence-corrected chi connectivity index (χ0v) is 17.2. The summed E-state index contributed by atoms with van der Waals surface area (Å²) < 4.78 is 15.6. The van der Waals surface area contributed by atoms with Crippen LogP contribution in [0.4, 0.5) is 5.69 Å². The van der Waals surface area contributed by atoms with E-state index < -0.39 is 5.97 Å². The molecule has 0 spiro atoms. The Morgan fingerprint density at radius 1 is 0.967 bits per heavy atom. The van der Waals surface area contributed by atoms with E-state index in [1.165, 1.54) is 6.08 Å². The summed E-state index contributed by atoms with van der Waals surface area (Å²) in [5.41, 5.74) is 1.83. The van der Waals surface area contributed by atoms with E-state index in [1.807, 2.05) is 18.2 Å². The standard InChI is InChI=1S/C23H26N2O5/c1-28-20-9-10-21(29-2)18(16-20)8-11-23(27)30-17-22(26)25-14-12-24(13-15-25)19-6-4-3-5-7-19/h3-11,16H,12-15,17H2,1-2H3/b11-8+. The molecule has 1 saturated heterocycles. The minimum Gasteiger partial charge on any atom is -0.497 e. The van der Waals surface area contributed by atoms with E-state index in [0.29, 0.717) is 30.2 Å². The second kappa shape index (κ2) is 10.3. The van der Waals surface area contributed by atoms with E-state index in [2.05, 4.69) is 17.0 Å². The smallest absolute Gasteiger partial charge is 0.331 e. The zero-order chi connectivity index (χ0) is 21.3. The molecule has 1 aliphatic rings. The maximum Gasteiger partial charge on any atom is 0.331 e. The van der Waals surface area contributed by atoms with E-state index in [1.54, 1.807) is 43.4 Å². The van der Waals surface area contributed by atoms with Gasteiger partial charge < -0.3 is 24.0 Å². The van der Waals surface area contributed by atoms with Gasteiger partial charge in [0.25, 0.3) is 5.91 Å². The van der Waals surface area contributed by atoms with Crippen molar-refractivity contribution >= 4 is 23.6 Å². The molecular formula is C23H26N2O5. The van der Waals surface area contributed by atoms with Crippen molar-refractivity contribution in [3.05, 3.63) is 60.2 Å². The molecule has 0 aliphatic carbocycles. The zero-order valence-electron chi connectivity index (χ0n) is 17.2. The Labute approximate surface area is 176 Å². The molecule has 2 aromatic rings. The molecule has 0 radical (unpaired) electrons. The van der Waals surface area contributed by atoms with Crippen molar-refractivity contribution in [3.63, 3.8) is 0 Å². The number of esters is 1. The van der Waals surface area contributed by atoms with Crippen LogP contribution < -0.4 is 14.4 Å². The number of anilines is 1. The normalized spacial score (nSPS) is 13.9. The molecule has 1 heterocycles. The van der Waals surface area contributed by atoms with Crippen LogP contribution in [0.2, 0.25) is 0 Å². The lowest BCUT2D eigenvalue weighted by atomic mass is 10.1. The number of nitrogens with zero attached hydrogens (tertiary/aromatic N) is 2. The van der Waals surface area contributed by atoms with E-state index in [9.17, 15) is 9.59 Å². The molecule has 1 amide bonds. The molecule has 0 unspecified atom stereocenters. The van der Waals surface area contributed by atoms with Crippen LogP contribution in [0.15, 0.2) is 54.6 Å². The Morgan fingerprint density at radius 3 is 2.37 bits per heavy atom. The minimum atomic E-state index is -0.587. The monoisotopic (exact) mass is 410 g/mol. The van der Waals surface area contributed by atoms with Gasteiger partial charge in [-0.15, -0.1) is 0 Å². The van der Waals surface area contributed by atoms with Crippen molar-refractivity contribution in [2.45, 2.75) is 0 Å². The van der Waals surface area contributed by atoms with Crippen LogP contribution in [0.25, 0.3) is 6.08 Å². The van der Waals surface area contributed by atoms with Crippen molar-refractivity contribution in [1.29, 1.82) is 0 Å². The van der Waals surface area contributed by atoms with Crippen LogP contribution in [0.3, 0.4) is 0 Å². The largest absolute Gasteiger partial charge is 0.497 e. The third-order valence-corrected chi connectivity index (χ3v) is 4.93. The number of piperazine rings is 1. The van der Waals surface area contributed by atoms with Gasteiger partial charge in [-0.25, -0.2) is 4.79 Å². The highest BCUT2D eigenvalue weighted by Crippen LogP contribution is 2.25. The summed E-state index contributed by atoms with van der Waals surface area (Å²) in [6.07, 6.45) is 2.85. The maximum absolute atomic E-state index is 12.4. The molecule has 0 aromatic heterocycles. The SMILES string of the molecule is COc1ccc(OC)c(/C=C/C(=O)OCC(=O)N2CCN(c3ccccc3)CC2)c1. The van der Waals surface area contributed by atoms with Crippen molar-refractivity contribution in [1.82, 2.24) is 4.90 Å². The summed E-state index contributed by atoms with van der Waals surface area (Å²) in [6, 6.07) is 15.4. The second-order valence-corrected chi connectivity index (χ2v) is 6.75. The van der Waals surface area contributed by atoms with Gasteiger partial charge in [0, 0.05) is 43.5 Å². The quantitative estimate of drug-likeness (QED) is 0.516. The van der Waals surface area contributed by atoms with Crippen LogP contribution in [-0.2, 0) is 14.3 Å². The number of rotatable bonds is 7. The highest BCUT2D eigenvalue weighted by molar-refractivity contribution is 5.89. The van der Waals surface area contributed by atoms with Gasteiger partial charge in [-0.1, -0.05) is 18.2 Å². The van der Waals surface area contributed by atoms with E-state index in [-0.39, 0.29) is 12.5 Å². The molecule has 1 fully saturated rings. The van der Waals surface area contributed by atoms with Crippen molar-refractivity contribution in [3.8, 4) is 11.5 Å². The van der Waals surface area contributed by atoms with Gasteiger partial charge in [0.05, 0.1) is 14.2 Å². The number of methoxy groups -OCH3 is 2. The van der Waals surface area contributed by atoms with Crippen LogP contribution in [0.1, 0.15) is 5.56 Å². The number of amides is 1. The Morgan fingerprint density at radius 2 is 1.70 bits per heavy atom. The number of hydrogen-bond acceptors (Lipinski definition) is 6. The summed E-state index contributed by atoms with van der Waals surface area (Å²) in [7, 11) is 3.11. The maximum atomic E-state index is 12.4. The highest BCUT2D eigenvalue weighted by atomic mass is 16.5. The number of carbonyl (C=O) groups is 2. The second-order valence-electron chi connectivity index (χ2n) is 6.75. The molecule has 7 heteroatoms. The highest BCUT2D eigenvalue weighted by Gasteiger charge is 2.21. The van der Waals surface area contributed by atoms with Crippen molar-refractivity contribution in [2.75, 3.05) is 51.9 Å². The Bertz CT molecular complexity index is 890. The van der Waals surface area contributed by atoms with Crippen LogP contribution >= 0.6 is 0 Å². The minimum absolute atomic E-state index is 0.191. The lowest BCUT2D eigenvalue weighted by Crippen LogP contribution is -2.49. The molecule has 1 aliphatic heterocycles. The van der Waals surface area contributed by atoms with Gasteiger partial charge in [0.15, 0.2) is 6.61 Å². The van der Waals surface area contributed by atoms with Gasteiger partial charge >= 0.3 is 5.97 Å². The molecule has 0 bridgehead atoms. The first-order valence-corrected chi connectivity index (χ1v) is 9.75. The average molecular weight is 410 g/mol. The first kappa shape index (κ1) is 21.2. The summed E-state index contributed by atoms with van der Waals surface area (Å²) in [5, 5.41) is 0. The molecule has 158 valence electrons. The van der Waals surface area contributed by atoms with Crippen LogP contribution in [-0.4, -0.2) is 63.8 Å². The van der Waals surface area contributed by atoms with Gasteiger partial charge in [-0.2, -0.15) is 0 Å². The predicted octanol–water partition coefficient (Wildman–Crippen LogP) is 2.61. The number of ether oxygens (including phenoxy) is 3. The van der Waals surface area contributed by atoms with Gasteiger partial charge in [0.2, 0.25) is 0 Å². The number of hydrogen-bond donors (Lipinski definition) is 0. The predicted molar refractivity (Wildman–Crippen MR) is 115 cm³/mol. The lowest BCUT2D eigenvalue weighted by Gasteiger charge is -2.36. The van der Waals surface area contributed by atoms with Crippen molar-refractivity contribution in [2.24, 2.45) is 0 Å². The summed E-state index contributed by atoms with van der Waals surface area (Å²) in [4.78, 5) is 28.4. The summed E-state index contributed by atoms with van der Waals surface area (Å²) in [5.74, 6) is 0.473. The molecular weight excluding hydrogens is 384 g/mol. The molecule has 0 saturated carbocycles. The number of benzene rings is 2. The van der Waals surface area contributed by atoms with Crippen LogP contribution in [0.5, 0.6) is 11.5 Å². The molecule has 30 heavy (non-hydrogen) atoms. The third kappa shape index (κ3) is 5.53. The fourth-order valence-electron chi connectivity index (χ4n) is 3.25. The van der Waals surface area contributed by atoms with Gasteiger partial charge in [-0.3, -0.25) is 4.79 Å². The third-order valence-electron chi connectivity index (χ3n) is 4.93. The molecule has 0 atom stereocenters. The summed E-state index contributed by atoms with van der Waals surface area (Å²) >= 11 is 0. The molecule has 0 N–H and O–H groups in total. The molecule has 7 nitrogen and oxygen atoms in total. The first-order chi connectivity index (χ1) is 14.6. The fraction of sp³-hybridized carbons (Fsp3) is 0.304. The van der Waals surface area contributed by atoms with Gasteiger partial charge in [-0.05, 0) is 36.4 Å². The molecule has 3 rings (SSSR count). The van der Waals surface area contributed by atoms with Gasteiger partial charge in [0.1, 0.15) is 11.5 Å². The Kier molecular flexibility index (Phi) is 7.32. The Balaban J connectivity index is 1.47. The Hall–Kier alpha value is -3.48. The van der Waals surface area contributed by atoms with Crippen molar-refractivity contribution < 1.29 is 23.8 Å². The number of para-hydroxylation sites is 1. The van der Waals surface area contributed by atoms with E-state index in [4.69, 9.17) is 14.2 Å². The number of carbonyl (C=O) groups excluding carboxylic acids is 2. The molecule has 2 aromatic carbocycles. The average Bonchev–Trinajstić information content (AvgIpc) is 2.81. The van der Waals surface area contributed by atoms with Crippen LogP contribution in [0, 0.1) is 0 Å². The van der Waals surface area contributed by atoms with E-state index in [0.717, 1.165) is 18.8 Å². The lowest BCUT2D eigenvalue weighted by molar-refractivity contribution is -0.148. The summed E-state index contributed by atoms with van der Waals surface area (Å²) in [6.45, 7) is 2.42. The fourth-order valence-corrected chi connectivity index (χ4v) is 3.25. The van der Waals surface area contributed by atoms with E-state index >= 15 is 0 Å².